The lowest BCUT2D eigenvalue weighted by molar-refractivity contribution is -0.161. The number of esters is 1. The molecule has 1 aliphatic heterocycles. The van der Waals surface area contributed by atoms with Gasteiger partial charge in [-0.3, -0.25) is 4.79 Å². The van der Waals surface area contributed by atoms with E-state index in [4.69, 9.17) is 9.47 Å². The fraction of sp³-hybridized carbons (Fsp3) is 0.588. The molecule has 0 saturated carbocycles. The molecule has 5 heteroatoms. The van der Waals surface area contributed by atoms with E-state index in [2.05, 4.69) is 21.2 Å². The smallest absolute Gasteiger partial charge is 0.310 e. The van der Waals surface area contributed by atoms with Gasteiger partial charge in [0.1, 0.15) is 11.4 Å². The number of methoxy groups -OCH3 is 1. The number of piperidine rings is 1. The van der Waals surface area contributed by atoms with Crippen molar-refractivity contribution in [2.45, 2.75) is 38.7 Å². The highest BCUT2D eigenvalue weighted by Crippen LogP contribution is 2.30. The molecule has 22 heavy (non-hydrogen) atoms. The highest BCUT2D eigenvalue weighted by atomic mass is 79.9. The van der Waals surface area contributed by atoms with E-state index in [1.807, 2.05) is 32.0 Å². The van der Waals surface area contributed by atoms with Crippen molar-refractivity contribution in [2.75, 3.05) is 20.2 Å². The Balaban J connectivity index is 1.97. The topological polar surface area (TPSA) is 47.6 Å². The zero-order valence-electron chi connectivity index (χ0n) is 13.4. The normalized spacial score (nSPS) is 16.4. The van der Waals surface area contributed by atoms with E-state index < -0.39 is 5.60 Å². The minimum Gasteiger partial charge on any atom is -0.497 e. The zero-order chi connectivity index (χ0) is 16.2. The number of nitrogens with one attached hydrogen (secondary N) is 1. The first-order valence-corrected chi connectivity index (χ1v) is 8.46. The van der Waals surface area contributed by atoms with Gasteiger partial charge in [-0.1, -0.05) is 22.0 Å². The molecule has 0 radical (unpaired) electrons. The number of hydrogen-bond donors (Lipinski definition) is 1. The summed E-state index contributed by atoms with van der Waals surface area (Å²) in [5.74, 6) is 0.991. The van der Waals surface area contributed by atoms with Gasteiger partial charge in [0.25, 0.3) is 0 Å². The molecular weight excluding hydrogens is 346 g/mol. The van der Waals surface area contributed by atoms with Gasteiger partial charge in [0, 0.05) is 10.4 Å². The molecule has 1 heterocycles. The van der Waals surface area contributed by atoms with Crippen molar-refractivity contribution < 1.29 is 14.3 Å². The summed E-state index contributed by atoms with van der Waals surface area (Å²) in [5.41, 5.74) is 0.491. The lowest BCUT2D eigenvalue weighted by Crippen LogP contribution is -2.43. The second-order valence-electron chi connectivity index (χ2n) is 6.24. The Kier molecular flexibility index (Phi) is 5.87. The van der Waals surface area contributed by atoms with Crippen LogP contribution in [0.25, 0.3) is 0 Å². The third kappa shape index (κ3) is 4.46. The second-order valence-corrected chi connectivity index (χ2v) is 7.09. The van der Waals surface area contributed by atoms with Gasteiger partial charge in [-0.15, -0.1) is 0 Å². The molecule has 1 aromatic rings. The molecule has 1 saturated heterocycles. The van der Waals surface area contributed by atoms with Crippen LogP contribution in [0.1, 0.15) is 32.3 Å². The molecule has 0 aliphatic carbocycles. The number of rotatable bonds is 5. The monoisotopic (exact) mass is 369 g/mol. The van der Waals surface area contributed by atoms with Crippen molar-refractivity contribution in [3.8, 4) is 5.75 Å². The minimum absolute atomic E-state index is 0.186. The van der Waals surface area contributed by atoms with Gasteiger partial charge in [0.15, 0.2) is 0 Å². The molecular formula is C17H24BrNO3. The summed E-state index contributed by atoms with van der Waals surface area (Å²) in [6, 6.07) is 5.60. The van der Waals surface area contributed by atoms with Crippen LogP contribution in [-0.4, -0.2) is 31.8 Å². The maximum Gasteiger partial charge on any atom is 0.310 e. The predicted molar refractivity (Wildman–Crippen MR) is 90.2 cm³/mol. The van der Waals surface area contributed by atoms with Gasteiger partial charge in [-0.05, 0) is 57.5 Å². The maximum absolute atomic E-state index is 12.3. The number of carbonyl (C=O) groups is 1. The van der Waals surface area contributed by atoms with E-state index in [0.29, 0.717) is 5.92 Å². The third-order valence-electron chi connectivity index (χ3n) is 4.29. The molecule has 0 aromatic heterocycles. The zero-order valence-corrected chi connectivity index (χ0v) is 15.0. The number of carbonyl (C=O) groups excluding carboxylic acids is 1. The lowest BCUT2D eigenvalue weighted by atomic mass is 9.83. The summed E-state index contributed by atoms with van der Waals surface area (Å²) in [7, 11) is 1.62. The van der Waals surface area contributed by atoms with Gasteiger partial charge >= 0.3 is 5.97 Å². The fourth-order valence-electron chi connectivity index (χ4n) is 2.88. The van der Waals surface area contributed by atoms with Crippen LogP contribution in [0.5, 0.6) is 5.75 Å². The van der Waals surface area contributed by atoms with Crippen LogP contribution < -0.4 is 10.1 Å². The third-order valence-corrected chi connectivity index (χ3v) is 5.03. The first-order valence-electron chi connectivity index (χ1n) is 7.67. The number of benzene rings is 1. The first-order chi connectivity index (χ1) is 10.4. The van der Waals surface area contributed by atoms with Crippen LogP contribution in [0.15, 0.2) is 22.7 Å². The summed E-state index contributed by atoms with van der Waals surface area (Å²) in [6.07, 6.45) is 2.36. The second kappa shape index (κ2) is 7.47. The van der Waals surface area contributed by atoms with Crippen molar-refractivity contribution in [3.63, 3.8) is 0 Å². The Morgan fingerprint density at radius 2 is 2.05 bits per heavy atom. The average molecular weight is 370 g/mol. The largest absolute Gasteiger partial charge is 0.497 e. The van der Waals surface area contributed by atoms with E-state index >= 15 is 0 Å². The molecule has 2 rings (SSSR count). The maximum atomic E-state index is 12.3. The highest BCUT2D eigenvalue weighted by molar-refractivity contribution is 9.10. The van der Waals surface area contributed by atoms with Gasteiger partial charge in [0.2, 0.25) is 0 Å². The summed E-state index contributed by atoms with van der Waals surface area (Å²) in [4.78, 5) is 12.3. The van der Waals surface area contributed by atoms with Gasteiger partial charge < -0.3 is 14.8 Å². The quantitative estimate of drug-likeness (QED) is 0.808. The van der Waals surface area contributed by atoms with Gasteiger partial charge in [0.05, 0.1) is 13.5 Å². The number of hydrogen-bond acceptors (Lipinski definition) is 4. The Labute approximate surface area is 140 Å². The van der Waals surface area contributed by atoms with E-state index in [1.54, 1.807) is 7.11 Å². The summed E-state index contributed by atoms with van der Waals surface area (Å²) >= 11 is 3.48. The molecule has 0 unspecified atom stereocenters. The summed E-state index contributed by atoms with van der Waals surface area (Å²) in [6.45, 7) is 6.03. The average Bonchev–Trinajstić information content (AvgIpc) is 2.49. The Hall–Kier alpha value is -1.07. The van der Waals surface area contributed by atoms with Crippen molar-refractivity contribution in [2.24, 2.45) is 5.92 Å². The molecule has 0 bridgehead atoms. The molecule has 1 aromatic carbocycles. The van der Waals surface area contributed by atoms with Gasteiger partial charge in [-0.25, -0.2) is 0 Å². The Morgan fingerprint density at radius 3 is 2.64 bits per heavy atom. The van der Waals surface area contributed by atoms with Gasteiger partial charge in [-0.2, -0.15) is 0 Å². The van der Waals surface area contributed by atoms with Crippen LogP contribution in [0, 0.1) is 5.92 Å². The Bertz CT molecular complexity index is 525. The van der Waals surface area contributed by atoms with E-state index in [1.165, 1.54) is 0 Å². The van der Waals surface area contributed by atoms with Crippen molar-refractivity contribution in [3.05, 3.63) is 28.2 Å². The molecule has 0 atom stereocenters. The minimum atomic E-state index is -0.419. The van der Waals surface area contributed by atoms with Crippen LogP contribution in [0.4, 0.5) is 0 Å². The number of halogens is 1. The molecule has 1 N–H and O–H groups in total. The molecule has 4 nitrogen and oxygen atoms in total. The van der Waals surface area contributed by atoms with Crippen molar-refractivity contribution in [1.29, 1.82) is 0 Å². The van der Waals surface area contributed by atoms with Crippen molar-refractivity contribution >= 4 is 21.9 Å². The van der Waals surface area contributed by atoms with Crippen LogP contribution in [-0.2, 0) is 16.0 Å². The molecule has 0 amide bonds. The summed E-state index contributed by atoms with van der Waals surface area (Å²) < 4.78 is 11.8. The fourth-order valence-corrected chi connectivity index (χ4v) is 3.38. The van der Waals surface area contributed by atoms with E-state index in [-0.39, 0.29) is 12.4 Å². The van der Waals surface area contributed by atoms with Crippen LogP contribution >= 0.6 is 15.9 Å². The standard InChI is InChI=1S/C17H24BrNO3/c1-17(2,13-6-8-19-9-7-13)22-16(20)10-12-4-5-14(21-3)11-15(12)18/h4-5,11,13,19H,6-10H2,1-3H3. The Morgan fingerprint density at radius 1 is 1.36 bits per heavy atom. The number of ether oxygens (including phenoxy) is 2. The van der Waals surface area contributed by atoms with E-state index in [9.17, 15) is 4.79 Å². The molecule has 122 valence electrons. The molecule has 1 aliphatic rings. The van der Waals surface area contributed by atoms with Crippen LogP contribution in [0.2, 0.25) is 0 Å². The highest BCUT2D eigenvalue weighted by Gasteiger charge is 2.34. The predicted octanol–water partition coefficient (Wildman–Crippen LogP) is 3.32. The summed E-state index contributed by atoms with van der Waals surface area (Å²) in [5, 5.41) is 3.34. The van der Waals surface area contributed by atoms with Crippen molar-refractivity contribution in [1.82, 2.24) is 5.32 Å². The first kappa shape index (κ1) is 17.3. The molecule has 0 spiro atoms. The van der Waals surface area contributed by atoms with Crippen LogP contribution in [0.3, 0.4) is 0 Å². The molecule has 1 fully saturated rings. The SMILES string of the molecule is COc1ccc(CC(=O)OC(C)(C)C2CCNCC2)c(Br)c1. The van der Waals surface area contributed by atoms with E-state index in [0.717, 1.165) is 41.7 Å². The lowest BCUT2D eigenvalue weighted by Gasteiger charge is -2.36.